The summed E-state index contributed by atoms with van der Waals surface area (Å²) in [4.78, 5) is 21.3. The first kappa shape index (κ1) is 19.9. The lowest BCUT2D eigenvalue weighted by atomic mass is 10.1. The number of hydrogen-bond donors (Lipinski definition) is 0. The van der Waals surface area contributed by atoms with Crippen molar-refractivity contribution in [2.75, 3.05) is 38.2 Å². The van der Waals surface area contributed by atoms with E-state index in [9.17, 15) is 4.79 Å². The minimum atomic E-state index is 0.125. The van der Waals surface area contributed by atoms with Crippen LogP contribution in [0.2, 0.25) is 0 Å². The summed E-state index contributed by atoms with van der Waals surface area (Å²) in [6, 6.07) is 15.9. The highest BCUT2D eigenvalue weighted by Crippen LogP contribution is 2.22. The quantitative estimate of drug-likeness (QED) is 0.625. The fraction of sp³-hybridized carbons (Fsp3) is 0.348. The molecule has 7 nitrogen and oxygen atoms in total. The lowest BCUT2D eigenvalue weighted by Gasteiger charge is -2.36. The molecule has 0 atom stereocenters. The predicted octanol–water partition coefficient (Wildman–Crippen LogP) is 3.34. The van der Waals surface area contributed by atoms with Gasteiger partial charge in [-0.1, -0.05) is 29.4 Å². The van der Waals surface area contributed by atoms with Gasteiger partial charge in [-0.3, -0.25) is 4.79 Å². The molecule has 1 saturated heterocycles. The fourth-order valence-electron chi connectivity index (χ4n) is 3.67. The van der Waals surface area contributed by atoms with Gasteiger partial charge in [-0.15, -0.1) is 0 Å². The van der Waals surface area contributed by atoms with Gasteiger partial charge in [0, 0.05) is 50.3 Å². The van der Waals surface area contributed by atoms with Crippen LogP contribution in [0, 0.1) is 6.92 Å². The summed E-state index contributed by atoms with van der Waals surface area (Å²) < 4.78 is 10.6. The smallest absolute Gasteiger partial charge is 0.227 e. The molecule has 2 aromatic carbocycles. The molecule has 1 amide bonds. The minimum Gasteiger partial charge on any atom is -0.497 e. The van der Waals surface area contributed by atoms with E-state index in [4.69, 9.17) is 9.26 Å². The Labute approximate surface area is 176 Å². The van der Waals surface area contributed by atoms with Crippen molar-refractivity contribution in [3.05, 3.63) is 60.0 Å². The van der Waals surface area contributed by atoms with E-state index in [1.807, 2.05) is 48.2 Å². The first-order chi connectivity index (χ1) is 14.6. The largest absolute Gasteiger partial charge is 0.497 e. The zero-order valence-electron chi connectivity index (χ0n) is 17.4. The first-order valence-electron chi connectivity index (χ1n) is 10.2. The Morgan fingerprint density at radius 2 is 1.80 bits per heavy atom. The van der Waals surface area contributed by atoms with Crippen LogP contribution in [0.5, 0.6) is 5.75 Å². The van der Waals surface area contributed by atoms with Crippen molar-refractivity contribution in [1.29, 1.82) is 0 Å². The molecule has 0 unspecified atom stereocenters. The maximum absolute atomic E-state index is 12.6. The number of methoxy groups -OCH3 is 1. The number of carbonyl (C=O) groups is 1. The average molecular weight is 406 g/mol. The molecule has 0 saturated carbocycles. The maximum Gasteiger partial charge on any atom is 0.227 e. The van der Waals surface area contributed by atoms with Gasteiger partial charge in [-0.05, 0) is 36.8 Å². The third kappa shape index (κ3) is 4.45. The lowest BCUT2D eigenvalue weighted by molar-refractivity contribution is -0.131. The second-order valence-corrected chi connectivity index (χ2v) is 7.39. The summed E-state index contributed by atoms with van der Waals surface area (Å²) in [5.74, 6) is 2.04. The Morgan fingerprint density at radius 1 is 1.07 bits per heavy atom. The van der Waals surface area contributed by atoms with Crippen molar-refractivity contribution in [1.82, 2.24) is 15.0 Å². The molecule has 1 aliphatic rings. The molecule has 0 spiro atoms. The van der Waals surface area contributed by atoms with Gasteiger partial charge in [0.15, 0.2) is 0 Å². The van der Waals surface area contributed by atoms with E-state index in [-0.39, 0.29) is 5.91 Å². The SMILES string of the molecule is COc1ccc(N2CCN(C(=O)CCc3nc(-c4ccccc4C)no3)CC2)cc1. The van der Waals surface area contributed by atoms with Crippen molar-refractivity contribution in [2.24, 2.45) is 0 Å². The van der Waals surface area contributed by atoms with Crippen LogP contribution in [0.25, 0.3) is 11.4 Å². The molecular formula is C23H26N4O3. The molecule has 3 aromatic rings. The van der Waals surface area contributed by atoms with Crippen LogP contribution in [-0.4, -0.2) is 54.2 Å². The molecule has 2 heterocycles. The standard InChI is InChI=1S/C23H26N4O3/c1-17-5-3-4-6-20(17)23-24-21(30-25-23)11-12-22(28)27-15-13-26(14-16-27)18-7-9-19(29-2)10-8-18/h3-10H,11-16H2,1-2H3. The van der Waals surface area contributed by atoms with Crippen LogP contribution in [0.3, 0.4) is 0 Å². The molecule has 7 heteroatoms. The number of amides is 1. The zero-order chi connectivity index (χ0) is 20.9. The van der Waals surface area contributed by atoms with Gasteiger partial charge in [0.1, 0.15) is 5.75 Å². The van der Waals surface area contributed by atoms with Crippen LogP contribution >= 0.6 is 0 Å². The van der Waals surface area contributed by atoms with Gasteiger partial charge < -0.3 is 19.1 Å². The highest BCUT2D eigenvalue weighted by molar-refractivity contribution is 5.76. The van der Waals surface area contributed by atoms with E-state index in [0.29, 0.717) is 37.6 Å². The Kier molecular flexibility index (Phi) is 5.97. The first-order valence-corrected chi connectivity index (χ1v) is 10.2. The highest BCUT2D eigenvalue weighted by Gasteiger charge is 2.22. The predicted molar refractivity (Wildman–Crippen MR) is 115 cm³/mol. The average Bonchev–Trinajstić information content (AvgIpc) is 3.27. The van der Waals surface area contributed by atoms with Gasteiger partial charge in [0.05, 0.1) is 7.11 Å². The Balaban J connectivity index is 1.28. The Bertz CT molecular complexity index is 992. The number of anilines is 1. The molecular weight excluding hydrogens is 380 g/mol. The number of nitrogens with zero attached hydrogens (tertiary/aromatic N) is 4. The van der Waals surface area contributed by atoms with Crippen LogP contribution in [-0.2, 0) is 11.2 Å². The van der Waals surface area contributed by atoms with Gasteiger partial charge >= 0.3 is 0 Å². The molecule has 156 valence electrons. The molecule has 30 heavy (non-hydrogen) atoms. The molecule has 1 fully saturated rings. The van der Waals surface area contributed by atoms with Crippen LogP contribution in [0.4, 0.5) is 5.69 Å². The van der Waals surface area contributed by atoms with E-state index in [2.05, 4.69) is 27.2 Å². The lowest BCUT2D eigenvalue weighted by Crippen LogP contribution is -2.48. The van der Waals surface area contributed by atoms with Crippen molar-refractivity contribution < 1.29 is 14.1 Å². The molecule has 0 N–H and O–H groups in total. The molecule has 0 aliphatic carbocycles. The number of hydrogen-bond acceptors (Lipinski definition) is 6. The number of piperazine rings is 1. The third-order valence-corrected chi connectivity index (χ3v) is 5.48. The second kappa shape index (κ2) is 8.98. The summed E-state index contributed by atoms with van der Waals surface area (Å²) in [5.41, 5.74) is 3.20. The summed E-state index contributed by atoms with van der Waals surface area (Å²) in [7, 11) is 1.66. The summed E-state index contributed by atoms with van der Waals surface area (Å²) >= 11 is 0. The Hall–Kier alpha value is -3.35. The van der Waals surface area contributed by atoms with E-state index >= 15 is 0 Å². The number of rotatable bonds is 6. The number of benzene rings is 2. The number of aromatic nitrogens is 2. The number of carbonyl (C=O) groups excluding carboxylic acids is 1. The topological polar surface area (TPSA) is 71.7 Å². The zero-order valence-corrected chi connectivity index (χ0v) is 17.4. The van der Waals surface area contributed by atoms with Crippen molar-refractivity contribution in [3.63, 3.8) is 0 Å². The van der Waals surface area contributed by atoms with Gasteiger partial charge in [-0.2, -0.15) is 4.98 Å². The van der Waals surface area contributed by atoms with E-state index in [1.165, 1.54) is 0 Å². The molecule has 4 rings (SSSR count). The van der Waals surface area contributed by atoms with E-state index < -0.39 is 0 Å². The minimum absolute atomic E-state index is 0.125. The van der Waals surface area contributed by atoms with Crippen LogP contribution < -0.4 is 9.64 Å². The summed E-state index contributed by atoms with van der Waals surface area (Å²) in [6.45, 7) is 5.07. The fourth-order valence-corrected chi connectivity index (χ4v) is 3.67. The van der Waals surface area contributed by atoms with Crippen LogP contribution in [0.1, 0.15) is 17.9 Å². The van der Waals surface area contributed by atoms with Crippen molar-refractivity contribution >= 4 is 11.6 Å². The highest BCUT2D eigenvalue weighted by atomic mass is 16.5. The van der Waals surface area contributed by atoms with Crippen molar-refractivity contribution in [3.8, 4) is 17.1 Å². The van der Waals surface area contributed by atoms with Gasteiger partial charge in [-0.25, -0.2) is 0 Å². The van der Waals surface area contributed by atoms with Gasteiger partial charge in [0.2, 0.25) is 17.6 Å². The molecule has 1 aliphatic heterocycles. The molecule has 0 radical (unpaired) electrons. The van der Waals surface area contributed by atoms with Gasteiger partial charge in [0.25, 0.3) is 0 Å². The second-order valence-electron chi connectivity index (χ2n) is 7.39. The van der Waals surface area contributed by atoms with E-state index in [0.717, 1.165) is 35.7 Å². The maximum atomic E-state index is 12.6. The number of aryl methyl sites for hydroxylation is 2. The monoisotopic (exact) mass is 406 g/mol. The Morgan fingerprint density at radius 3 is 2.50 bits per heavy atom. The third-order valence-electron chi connectivity index (χ3n) is 5.48. The summed E-state index contributed by atoms with van der Waals surface area (Å²) in [5, 5.41) is 4.07. The summed E-state index contributed by atoms with van der Waals surface area (Å²) in [6.07, 6.45) is 0.828. The van der Waals surface area contributed by atoms with Crippen LogP contribution in [0.15, 0.2) is 53.1 Å². The van der Waals surface area contributed by atoms with E-state index in [1.54, 1.807) is 7.11 Å². The normalized spacial score (nSPS) is 14.1. The molecule has 0 bridgehead atoms. The number of ether oxygens (including phenoxy) is 1. The molecule has 1 aromatic heterocycles. The van der Waals surface area contributed by atoms with Crippen molar-refractivity contribution in [2.45, 2.75) is 19.8 Å².